The standard InChI is InChI=1S/C12H27NO3S/c1-4-9-13-12(8-10-16-5-2)7-6-11-17(3,14)15/h12-13H,4-11H2,1-3H3. The summed E-state index contributed by atoms with van der Waals surface area (Å²) >= 11 is 0. The van der Waals surface area contributed by atoms with Crippen LogP contribution in [0.2, 0.25) is 0 Å². The van der Waals surface area contributed by atoms with E-state index >= 15 is 0 Å². The molecule has 0 aromatic carbocycles. The Kier molecular flexibility index (Phi) is 9.78. The van der Waals surface area contributed by atoms with Crippen molar-refractivity contribution in [1.29, 1.82) is 0 Å². The minimum absolute atomic E-state index is 0.284. The maximum atomic E-state index is 11.0. The van der Waals surface area contributed by atoms with Crippen molar-refractivity contribution in [2.75, 3.05) is 31.8 Å². The first-order chi connectivity index (χ1) is 7.99. The van der Waals surface area contributed by atoms with Crippen molar-refractivity contribution < 1.29 is 13.2 Å². The van der Waals surface area contributed by atoms with Gasteiger partial charge in [0.15, 0.2) is 0 Å². The lowest BCUT2D eigenvalue weighted by atomic mass is 10.1. The Bertz CT molecular complexity index is 265. The highest BCUT2D eigenvalue weighted by Gasteiger charge is 2.09. The first-order valence-electron chi connectivity index (χ1n) is 6.48. The second-order valence-electron chi connectivity index (χ2n) is 4.41. The van der Waals surface area contributed by atoms with Crippen LogP contribution in [-0.2, 0) is 14.6 Å². The number of nitrogens with one attached hydrogen (secondary N) is 1. The van der Waals surface area contributed by atoms with Crippen LogP contribution in [0.4, 0.5) is 0 Å². The van der Waals surface area contributed by atoms with Crippen molar-refractivity contribution in [3.63, 3.8) is 0 Å². The molecule has 0 aromatic rings. The molecule has 5 heteroatoms. The van der Waals surface area contributed by atoms with Crippen LogP contribution in [0.25, 0.3) is 0 Å². The fourth-order valence-corrected chi connectivity index (χ4v) is 2.35. The van der Waals surface area contributed by atoms with Gasteiger partial charge in [0.1, 0.15) is 9.84 Å². The van der Waals surface area contributed by atoms with E-state index in [2.05, 4.69) is 12.2 Å². The Hall–Kier alpha value is -0.130. The third-order valence-electron chi connectivity index (χ3n) is 2.57. The fourth-order valence-electron chi connectivity index (χ4n) is 1.66. The average Bonchev–Trinajstić information content (AvgIpc) is 2.23. The van der Waals surface area contributed by atoms with E-state index in [1.54, 1.807) is 0 Å². The zero-order valence-electron chi connectivity index (χ0n) is 11.4. The van der Waals surface area contributed by atoms with E-state index in [4.69, 9.17) is 4.74 Å². The van der Waals surface area contributed by atoms with Crippen LogP contribution in [0.3, 0.4) is 0 Å². The van der Waals surface area contributed by atoms with E-state index in [-0.39, 0.29) is 5.75 Å². The molecule has 1 N–H and O–H groups in total. The third kappa shape index (κ3) is 12.1. The molecule has 4 nitrogen and oxygen atoms in total. The van der Waals surface area contributed by atoms with Gasteiger partial charge in [-0.25, -0.2) is 8.42 Å². The summed E-state index contributed by atoms with van der Waals surface area (Å²) in [5.41, 5.74) is 0. The van der Waals surface area contributed by atoms with Crippen molar-refractivity contribution in [2.24, 2.45) is 0 Å². The number of hydrogen-bond donors (Lipinski definition) is 1. The molecule has 0 bridgehead atoms. The van der Waals surface area contributed by atoms with Crippen LogP contribution in [0.15, 0.2) is 0 Å². The second-order valence-corrected chi connectivity index (χ2v) is 6.67. The van der Waals surface area contributed by atoms with Crippen molar-refractivity contribution in [2.45, 2.75) is 45.6 Å². The van der Waals surface area contributed by atoms with Gasteiger partial charge < -0.3 is 10.1 Å². The molecule has 0 amide bonds. The van der Waals surface area contributed by atoms with Gasteiger partial charge in [0, 0.05) is 31.3 Å². The molecule has 0 saturated heterocycles. The highest BCUT2D eigenvalue weighted by molar-refractivity contribution is 7.90. The number of sulfone groups is 1. The van der Waals surface area contributed by atoms with E-state index in [1.165, 1.54) is 6.26 Å². The van der Waals surface area contributed by atoms with Crippen LogP contribution in [0.1, 0.15) is 39.5 Å². The van der Waals surface area contributed by atoms with Gasteiger partial charge in [-0.1, -0.05) is 6.92 Å². The van der Waals surface area contributed by atoms with Crippen LogP contribution < -0.4 is 5.32 Å². The predicted molar refractivity (Wildman–Crippen MR) is 72.1 cm³/mol. The summed E-state index contributed by atoms with van der Waals surface area (Å²) in [4.78, 5) is 0. The second kappa shape index (κ2) is 9.85. The van der Waals surface area contributed by atoms with Crippen molar-refractivity contribution in [3.8, 4) is 0 Å². The van der Waals surface area contributed by atoms with Crippen molar-refractivity contribution in [1.82, 2.24) is 5.32 Å². The molecule has 0 spiro atoms. The predicted octanol–water partition coefficient (Wildman–Crippen LogP) is 1.61. The first kappa shape index (κ1) is 16.9. The molecule has 1 unspecified atom stereocenters. The van der Waals surface area contributed by atoms with E-state index in [1.807, 2.05) is 6.92 Å². The van der Waals surface area contributed by atoms with Crippen LogP contribution in [0.5, 0.6) is 0 Å². The third-order valence-corrected chi connectivity index (χ3v) is 3.60. The monoisotopic (exact) mass is 265 g/mol. The SMILES string of the molecule is CCCNC(CCCS(C)(=O)=O)CCOCC. The summed E-state index contributed by atoms with van der Waals surface area (Å²) in [6.45, 7) is 6.58. The Morgan fingerprint density at radius 3 is 2.47 bits per heavy atom. The maximum Gasteiger partial charge on any atom is 0.147 e. The molecule has 0 fully saturated rings. The quantitative estimate of drug-likeness (QED) is 0.577. The van der Waals surface area contributed by atoms with Gasteiger partial charge >= 0.3 is 0 Å². The van der Waals surface area contributed by atoms with Crippen LogP contribution in [0, 0.1) is 0 Å². The van der Waals surface area contributed by atoms with Crippen molar-refractivity contribution in [3.05, 3.63) is 0 Å². The Morgan fingerprint density at radius 2 is 1.94 bits per heavy atom. The molecule has 0 rings (SSSR count). The summed E-state index contributed by atoms with van der Waals surface area (Å²) < 4.78 is 27.4. The van der Waals surface area contributed by atoms with E-state index in [0.29, 0.717) is 6.04 Å². The van der Waals surface area contributed by atoms with Gasteiger partial charge in [-0.3, -0.25) is 0 Å². The molecular formula is C12H27NO3S. The summed E-state index contributed by atoms with van der Waals surface area (Å²) in [5.74, 6) is 0.284. The molecule has 104 valence electrons. The van der Waals surface area contributed by atoms with Gasteiger partial charge in [-0.05, 0) is 39.2 Å². The molecule has 0 saturated carbocycles. The largest absolute Gasteiger partial charge is 0.382 e. The minimum atomic E-state index is -2.82. The summed E-state index contributed by atoms with van der Waals surface area (Å²) in [7, 11) is -2.82. The Balaban J connectivity index is 3.83. The lowest BCUT2D eigenvalue weighted by Gasteiger charge is -2.18. The van der Waals surface area contributed by atoms with Gasteiger partial charge in [0.2, 0.25) is 0 Å². The number of rotatable bonds is 11. The molecule has 0 aliphatic heterocycles. The van der Waals surface area contributed by atoms with Crippen LogP contribution >= 0.6 is 0 Å². The summed E-state index contributed by atoms with van der Waals surface area (Å²) in [6, 6.07) is 0.378. The summed E-state index contributed by atoms with van der Waals surface area (Å²) in [5, 5.41) is 3.44. The smallest absolute Gasteiger partial charge is 0.147 e. The number of hydrogen-bond acceptors (Lipinski definition) is 4. The molecule has 0 aromatic heterocycles. The van der Waals surface area contributed by atoms with Gasteiger partial charge in [0.25, 0.3) is 0 Å². The van der Waals surface area contributed by atoms with Crippen LogP contribution in [-0.4, -0.2) is 46.2 Å². The Labute approximate surface area is 106 Å². The molecule has 0 radical (unpaired) electrons. The molecule has 0 aliphatic carbocycles. The normalized spacial score (nSPS) is 13.8. The maximum absolute atomic E-state index is 11.0. The molecule has 1 atom stereocenters. The zero-order chi connectivity index (χ0) is 13.1. The lowest BCUT2D eigenvalue weighted by Crippen LogP contribution is -2.31. The van der Waals surface area contributed by atoms with Gasteiger partial charge in [0.05, 0.1) is 0 Å². The van der Waals surface area contributed by atoms with Gasteiger partial charge in [-0.2, -0.15) is 0 Å². The topological polar surface area (TPSA) is 55.4 Å². The van der Waals surface area contributed by atoms with E-state index in [9.17, 15) is 8.42 Å². The highest BCUT2D eigenvalue weighted by atomic mass is 32.2. The highest BCUT2D eigenvalue weighted by Crippen LogP contribution is 2.04. The van der Waals surface area contributed by atoms with E-state index in [0.717, 1.165) is 45.4 Å². The first-order valence-corrected chi connectivity index (χ1v) is 8.54. The van der Waals surface area contributed by atoms with E-state index < -0.39 is 9.84 Å². The molecule has 0 heterocycles. The number of ether oxygens (including phenoxy) is 1. The summed E-state index contributed by atoms with van der Waals surface area (Å²) in [6.07, 6.45) is 4.98. The zero-order valence-corrected chi connectivity index (χ0v) is 12.2. The fraction of sp³-hybridized carbons (Fsp3) is 1.00. The Morgan fingerprint density at radius 1 is 1.24 bits per heavy atom. The molecular weight excluding hydrogens is 238 g/mol. The molecule has 0 aliphatic rings. The lowest BCUT2D eigenvalue weighted by molar-refractivity contribution is 0.135. The minimum Gasteiger partial charge on any atom is -0.382 e. The van der Waals surface area contributed by atoms with Crippen molar-refractivity contribution >= 4 is 9.84 Å². The van der Waals surface area contributed by atoms with Gasteiger partial charge in [-0.15, -0.1) is 0 Å². The molecule has 17 heavy (non-hydrogen) atoms. The average molecular weight is 265 g/mol.